The molecule has 112 valence electrons. The number of para-hydroxylation sites is 1. The highest BCUT2D eigenvalue weighted by Gasteiger charge is 2.21. The summed E-state index contributed by atoms with van der Waals surface area (Å²) in [6.45, 7) is 3.96. The first-order valence-electron chi connectivity index (χ1n) is 7.38. The fourth-order valence-electron chi connectivity index (χ4n) is 2.56. The van der Waals surface area contributed by atoms with E-state index in [-0.39, 0.29) is 11.9 Å². The number of fused-ring (bicyclic) bond motifs is 1. The summed E-state index contributed by atoms with van der Waals surface area (Å²) < 4.78 is 5.87. The minimum atomic E-state index is -0.125. The van der Waals surface area contributed by atoms with E-state index in [4.69, 9.17) is 4.42 Å². The van der Waals surface area contributed by atoms with Crippen molar-refractivity contribution in [3.8, 4) is 0 Å². The van der Waals surface area contributed by atoms with Crippen molar-refractivity contribution in [1.29, 1.82) is 0 Å². The minimum Gasteiger partial charge on any atom is -0.459 e. The third-order valence-electron chi connectivity index (χ3n) is 4.02. The van der Waals surface area contributed by atoms with Crippen LogP contribution in [0.15, 0.2) is 59.0 Å². The highest BCUT2D eigenvalue weighted by Crippen LogP contribution is 2.27. The Kier molecular flexibility index (Phi) is 3.72. The van der Waals surface area contributed by atoms with Crippen LogP contribution < -0.4 is 0 Å². The number of hydrogen-bond donors (Lipinski definition) is 0. The second-order valence-electron chi connectivity index (χ2n) is 5.65. The van der Waals surface area contributed by atoms with Crippen LogP contribution in [-0.2, 0) is 0 Å². The van der Waals surface area contributed by atoms with Crippen LogP contribution in [0.1, 0.15) is 34.6 Å². The zero-order valence-corrected chi connectivity index (χ0v) is 13.0. The van der Waals surface area contributed by atoms with Crippen molar-refractivity contribution in [3.05, 3.63) is 71.5 Å². The Morgan fingerprint density at radius 2 is 1.86 bits per heavy atom. The van der Waals surface area contributed by atoms with Crippen LogP contribution in [0, 0.1) is 6.92 Å². The minimum absolute atomic E-state index is 0.00310. The van der Waals surface area contributed by atoms with E-state index >= 15 is 0 Å². The molecule has 3 heteroatoms. The molecule has 0 saturated heterocycles. The van der Waals surface area contributed by atoms with Gasteiger partial charge in [0.25, 0.3) is 5.91 Å². The second kappa shape index (κ2) is 5.68. The summed E-state index contributed by atoms with van der Waals surface area (Å²) in [4.78, 5) is 14.3. The van der Waals surface area contributed by atoms with Crippen molar-refractivity contribution in [2.75, 3.05) is 7.05 Å². The van der Waals surface area contributed by atoms with E-state index in [0.717, 1.165) is 22.3 Å². The molecular weight excluding hydrogens is 274 g/mol. The molecule has 0 aliphatic rings. The summed E-state index contributed by atoms with van der Waals surface area (Å²) in [5, 5.41) is 1.06. The lowest BCUT2D eigenvalue weighted by atomic mass is 10.1. The lowest BCUT2D eigenvalue weighted by molar-refractivity contribution is 0.0727. The number of furan rings is 1. The van der Waals surface area contributed by atoms with Crippen molar-refractivity contribution in [2.45, 2.75) is 19.9 Å². The topological polar surface area (TPSA) is 33.5 Å². The predicted molar refractivity (Wildman–Crippen MR) is 87.9 cm³/mol. The lowest BCUT2D eigenvalue weighted by Crippen LogP contribution is -2.29. The summed E-state index contributed by atoms with van der Waals surface area (Å²) >= 11 is 0. The van der Waals surface area contributed by atoms with Crippen LogP contribution >= 0.6 is 0 Å². The number of hydrogen-bond acceptors (Lipinski definition) is 2. The van der Waals surface area contributed by atoms with Gasteiger partial charge in [0.05, 0.1) is 6.04 Å². The van der Waals surface area contributed by atoms with E-state index in [2.05, 4.69) is 0 Å². The van der Waals surface area contributed by atoms with E-state index in [1.807, 2.05) is 75.5 Å². The largest absolute Gasteiger partial charge is 0.459 e. The number of aryl methyl sites for hydroxylation is 1. The Hall–Kier alpha value is -2.55. The summed E-state index contributed by atoms with van der Waals surface area (Å²) in [5.41, 5.74) is 2.63. The summed E-state index contributed by atoms with van der Waals surface area (Å²) in [6.07, 6.45) is 0. The number of rotatable bonds is 3. The Morgan fingerprint density at radius 1 is 1.09 bits per heavy atom. The molecule has 1 aromatic heterocycles. The van der Waals surface area contributed by atoms with Gasteiger partial charge in [0, 0.05) is 18.0 Å². The van der Waals surface area contributed by atoms with Crippen molar-refractivity contribution in [3.63, 3.8) is 0 Å². The molecule has 0 radical (unpaired) electrons. The van der Waals surface area contributed by atoms with Crippen molar-refractivity contribution >= 4 is 16.9 Å². The van der Waals surface area contributed by atoms with E-state index in [1.165, 1.54) is 0 Å². The molecular formula is C19H19NO2. The van der Waals surface area contributed by atoms with Gasteiger partial charge in [0.15, 0.2) is 0 Å². The molecule has 0 aliphatic carbocycles. The van der Waals surface area contributed by atoms with Crippen molar-refractivity contribution < 1.29 is 9.21 Å². The molecule has 1 heterocycles. The van der Waals surface area contributed by atoms with Crippen LogP contribution in [0.2, 0.25) is 0 Å². The monoisotopic (exact) mass is 293 g/mol. The molecule has 1 atom stereocenters. The summed E-state index contributed by atoms with van der Waals surface area (Å²) in [5.74, 6) is 0.793. The third kappa shape index (κ3) is 2.62. The molecule has 0 aliphatic heterocycles. The fourth-order valence-corrected chi connectivity index (χ4v) is 2.56. The van der Waals surface area contributed by atoms with Gasteiger partial charge in [-0.05, 0) is 38.1 Å². The second-order valence-corrected chi connectivity index (χ2v) is 5.65. The highest BCUT2D eigenvalue weighted by atomic mass is 16.3. The molecule has 3 nitrogen and oxygen atoms in total. The predicted octanol–water partition coefficient (Wildman–Crippen LogP) is 4.57. The quantitative estimate of drug-likeness (QED) is 0.708. The third-order valence-corrected chi connectivity index (χ3v) is 4.02. The van der Waals surface area contributed by atoms with Gasteiger partial charge >= 0.3 is 0 Å². The van der Waals surface area contributed by atoms with Gasteiger partial charge in [-0.15, -0.1) is 0 Å². The Balaban J connectivity index is 1.87. The van der Waals surface area contributed by atoms with Crippen molar-refractivity contribution in [2.24, 2.45) is 0 Å². The zero-order valence-electron chi connectivity index (χ0n) is 13.0. The van der Waals surface area contributed by atoms with Crippen LogP contribution in [0.4, 0.5) is 0 Å². The SMILES string of the molecule is Cc1cccc(C(=O)N(C)[C@@H](C)c2cc3ccccc3o2)c1. The smallest absolute Gasteiger partial charge is 0.254 e. The van der Waals surface area contributed by atoms with E-state index in [0.29, 0.717) is 5.56 Å². The van der Waals surface area contributed by atoms with E-state index in [9.17, 15) is 4.79 Å². The maximum Gasteiger partial charge on any atom is 0.254 e. The maximum atomic E-state index is 12.6. The van der Waals surface area contributed by atoms with E-state index in [1.54, 1.807) is 4.90 Å². The average Bonchev–Trinajstić information content (AvgIpc) is 2.96. The summed E-state index contributed by atoms with van der Waals surface area (Å²) in [7, 11) is 1.81. The first-order chi connectivity index (χ1) is 10.6. The molecule has 0 N–H and O–H groups in total. The Labute approximate surface area is 130 Å². The summed E-state index contributed by atoms with van der Waals surface area (Å²) in [6, 6.07) is 17.4. The number of carbonyl (C=O) groups is 1. The molecule has 3 aromatic rings. The number of amides is 1. The molecule has 0 saturated carbocycles. The lowest BCUT2D eigenvalue weighted by Gasteiger charge is -2.23. The first kappa shape index (κ1) is 14.4. The normalized spacial score (nSPS) is 12.3. The number of carbonyl (C=O) groups excluding carboxylic acids is 1. The Bertz CT molecular complexity index is 786. The molecule has 0 unspecified atom stereocenters. The van der Waals surface area contributed by atoms with Gasteiger partial charge in [-0.2, -0.15) is 0 Å². The molecule has 3 rings (SSSR count). The maximum absolute atomic E-state index is 12.6. The van der Waals surface area contributed by atoms with Gasteiger partial charge < -0.3 is 9.32 Å². The molecule has 1 amide bonds. The molecule has 2 aromatic carbocycles. The van der Waals surface area contributed by atoms with Gasteiger partial charge in [0.1, 0.15) is 11.3 Å². The van der Waals surface area contributed by atoms with Gasteiger partial charge in [-0.3, -0.25) is 4.79 Å². The van der Waals surface area contributed by atoms with Gasteiger partial charge in [-0.1, -0.05) is 35.9 Å². The van der Waals surface area contributed by atoms with Crippen LogP contribution in [-0.4, -0.2) is 17.9 Å². The molecule has 0 bridgehead atoms. The zero-order chi connectivity index (χ0) is 15.7. The number of benzene rings is 2. The van der Waals surface area contributed by atoms with Crippen molar-refractivity contribution in [1.82, 2.24) is 4.90 Å². The van der Waals surface area contributed by atoms with Gasteiger partial charge in [0.2, 0.25) is 0 Å². The van der Waals surface area contributed by atoms with E-state index < -0.39 is 0 Å². The molecule has 22 heavy (non-hydrogen) atoms. The average molecular weight is 293 g/mol. The molecule has 0 spiro atoms. The Morgan fingerprint density at radius 3 is 2.59 bits per heavy atom. The first-order valence-corrected chi connectivity index (χ1v) is 7.38. The van der Waals surface area contributed by atoms with Gasteiger partial charge in [-0.25, -0.2) is 0 Å². The standard InChI is InChI=1S/C19H19NO2/c1-13-7-6-9-16(11-13)19(21)20(3)14(2)18-12-15-8-4-5-10-17(15)22-18/h4-12,14H,1-3H3/t14-/m0/s1. The van der Waals surface area contributed by atoms with Crippen LogP contribution in [0.3, 0.4) is 0 Å². The fraction of sp³-hybridized carbons (Fsp3) is 0.211. The molecule has 0 fully saturated rings. The van der Waals surface area contributed by atoms with Crippen LogP contribution in [0.5, 0.6) is 0 Å². The van der Waals surface area contributed by atoms with Crippen LogP contribution in [0.25, 0.3) is 11.0 Å². The highest BCUT2D eigenvalue weighted by molar-refractivity contribution is 5.94. The number of nitrogens with zero attached hydrogens (tertiary/aromatic N) is 1.